The number of ether oxygens (including phenoxy) is 1. The van der Waals surface area contributed by atoms with Crippen molar-refractivity contribution in [3.05, 3.63) is 54.6 Å². The number of benzene rings is 2. The lowest BCUT2D eigenvalue weighted by Crippen LogP contribution is -2.27. The number of anilines is 2. The molecule has 0 unspecified atom stereocenters. The number of amides is 3. The first-order valence-electron chi connectivity index (χ1n) is 7.10. The van der Waals surface area contributed by atoms with Gasteiger partial charge in [0.25, 0.3) is 5.91 Å². The van der Waals surface area contributed by atoms with E-state index in [4.69, 9.17) is 4.74 Å². The third-order valence-corrected chi connectivity index (χ3v) is 3.00. The molecular formula is C17H19N3O3. The number of nitrogens with zero attached hydrogens (tertiary/aromatic N) is 1. The summed E-state index contributed by atoms with van der Waals surface area (Å²) in [4.78, 5) is 24.8. The van der Waals surface area contributed by atoms with Crippen molar-refractivity contribution in [2.45, 2.75) is 0 Å². The van der Waals surface area contributed by atoms with E-state index >= 15 is 0 Å². The van der Waals surface area contributed by atoms with Crippen LogP contribution in [0.25, 0.3) is 0 Å². The van der Waals surface area contributed by atoms with E-state index < -0.39 is 0 Å². The van der Waals surface area contributed by atoms with Crippen LogP contribution < -0.4 is 15.4 Å². The van der Waals surface area contributed by atoms with Crippen molar-refractivity contribution in [1.29, 1.82) is 0 Å². The molecule has 3 amide bonds. The molecule has 0 heterocycles. The minimum Gasteiger partial charge on any atom is -0.484 e. The van der Waals surface area contributed by atoms with E-state index in [0.29, 0.717) is 17.1 Å². The first kappa shape index (κ1) is 16.4. The van der Waals surface area contributed by atoms with Crippen LogP contribution in [-0.4, -0.2) is 37.5 Å². The molecule has 0 saturated carbocycles. The molecule has 0 radical (unpaired) electrons. The first-order chi connectivity index (χ1) is 11.0. The fourth-order valence-corrected chi connectivity index (χ4v) is 1.72. The first-order valence-corrected chi connectivity index (χ1v) is 7.10. The van der Waals surface area contributed by atoms with Crippen molar-refractivity contribution < 1.29 is 14.3 Å². The maximum Gasteiger partial charge on any atom is 0.323 e. The summed E-state index contributed by atoms with van der Waals surface area (Å²) in [6.45, 7) is -0.0196. The molecule has 0 spiro atoms. The average Bonchev–Trinajstić information content (AvgIpc) is 2.54. The van der Waals surface area contributed by atoms with Crippen molar-refractivity contribution in [3.63, 3.8) is 0 Å². The van der Waals surface area contributed by atoms with Gasteiger partial charge in [-0.15, -0.1) is 0 Å². The molecule has 0 aromatic heterocycles. The molecule has 6 heteroatoms. The van der Waals surface area contributed by atoms with E-state index in [1.165, 1.54) is 4.90 Å². The van der Waals surface area contributed by atoms with Crippen molar-refractivity contribution in [1.82, 2.24) is 4.90 Å². The van der Waals surface area contributed by atoms with Gasteiger partial charge in [-0.05, 0) is 36.4 Å². The fourth-order valence-electron chi connectivity index (χ4n) is 1.72. The minimum absolute atomic E-state index is 0.0196. The topological polar surface area (TPSA) is 70.7 Å². The highest BCUT2D eigenvalue weighted by Gasteiger charge is 2.06. The quantitative estimate of drug-likeness (QED) is 0.891. The highest BCUT2D eigenvalue weighted by Crippen LogP contribution is 2.16. The van der Waals surface area contributed by atoms with Crippen LogP contribution in [0.3, 0.4) is 0 Å². The summed E-state index contributed by atoms with van der Waals surface area (Å²) in [6.07, 6.45) is 0. The Bertz CT molecular complexity index is 655. The Hall–Kier alpha value is -3.02. The minimum atomic E-state index is -0.326. The second-order valence-electron chi connectivity index (χ2n) is 5.05. The molecule has 2 aromatic carbocycles. The van der Waals surface area contributed by atoms with Gasteiger partial charge in [0.1, 0.15) is 5.75 Å². The summed E-state index contributed by atoms with van der Waals surface area (Å²) in [6, 6.07) is 15.7. The summed E-state index contributed by atoms with van der Waals surface area (Å²) in [5.41, 5.74) is 1.34. The third-order valence-electron chi connectivity index (χ3n) is 3.00. The number of carbonyl (C=O) groups excluding carboxylic acids is 2. The van der Waals surface area contributed by atoms with Crippen LogP contribution in [-0.2, 0) is 4.79 Å². The van der Waals surface area contributed by atoms with Gasteiger partial charge in [0, 0.05) is 25.5 Å². The lowest BCUT2D eigenvalue weighted by Gasteiger charge is -2.12. The van der Waals surface area contributed by atoms with Gasteiger partial charge in [0.05, 0.1) is 0 Å². The molecular weight excluding hydrogens is 294 g/mol. The van der Waals surface area contributed by atoms with Gasteiger partial charge in [-0.3, -0.25) is 4.79 Å². The number of hydrogen-bond donors (Lipinski definition) is 2. The maximum absolute atomic E-state index is 11.9. The molecule has 0 saturated heterocycles. The average molecular weight is 313 g/mol. The Balaban J connectivity index is 1.85. The van der Waals surface area contributed by atoms with Crippen molar-refractivity contribution in [3.8, 4) is 5.75 Å². The number of urea groups is 1. The van der Waals surface area contributed by atoms with Crippen LogP contribution in [0.4, 0.5) is 16.2 Å². The summed E-state index contributed by atoms with van der Waals surface area (Å²) in [7, 11) is 3.34. The van der Waals surface area contributed by atoms with Gasteiger partial charge in [-0.25, -0.2) is 4.79 Å². The monoisotopic (exact) mass is 313 g/mol. The zero-order chi connectivity index (χ0) is 16.7. The van der Waals surface area contributed by atoms with Crippen molar-refractivity contribution >= 4 is 23.3 Å². The lowest BCUT2D eigenvalue weighted by molar-refractivity contribution is -0.130. The van der Waals surface area contributed by atoms with Gasteiger partial charge in [-0.2, -0.15) is 0 Å². The van der Waals surface area contributed by atoms with Gasteiger partial charge in [0.2, 0.25) is 0 Å². The molecule has 0 aliphatic carbocycles. The van der Waals surface area contributed by atoms with Crippen molar-refractivity contribution in [2.24, 2.45) is 0 Å². The second kappa shape index (κ2) is 7.84. The molecule has 2 aromatic rings. The standard InChI is InChI=1S/C17H19N3O3/c1-20(2)16(21)12-23-15-10-8-14(9-11-15)19-17(22)18-13-6-4-3-5-7-13/h3-11H,12H2,1-2H3,(H2,18,19,22). The van der Waals surface area contributed by atoms with Crippen LogP contribution in [0, 0.1) is 0 Å². The molecule has 0 aliphatic heterocycles. The van der Waals surface area contributed by atoms with Crippen LogP contribution >= 0.6 is 0 Å². The maximum atomic E-state index is 11.9. The zero-order valence-electron chi connectivity index (χ0n) is 13.1. The van der Waals surface area contributed by atoms with Crippen LogP contribution in [0.1, 0.15) is 0 Å². The third kappa shape index (κ3) is 5.35. The van der Waals surface area contributed by atoms with E-state index in [-0.39, 0.29) is 18.5 Å². The van der Waals surface area contributed by atoms with E-state index in [1.54, 1.807) is 50.5 Å². The molecule has 6 nitrogen and oxygen atoms in total. The number of rotatable bonds is 5. The lowest BCUT2D eigenvalue weighted by atomic mass is 10.3. The normalized spacial score (nSPS) is 9.83. The summed E-state index contributed by atoms with van der Waals surface area (Å²) >= 11 is 0. The molecule has 0 aliphatic rings. The highest BCUT2D eigenvalue weighted by molar-refractivity contribution is 5.99. The summed E-state index contributed by atoms with van der Waals surface area (Å²) < 4.78 is 5.37. The Kier molecular flexibility index (Phi) is 5.57. The molecule has 0 bridgehead atoms. The second-order valence-corrected chi connectivity index (χ2v) is 5.05. The number of para-hydroxylation sites is 1. The molecule has 0 atom stereocenters. The highest BCUT2D eigenvalue weighted by atomic mass is 16.5. The zero-order valence-corrected chi connectivity index (χ0v) is 13.1. The largest absolute Gasteiger partial charge is 0.484 e. The smallest absolute Gasteiger partial charge is 0.323 e. The SMILES string of the molecule is CN(C)C(=O)COc1ccc(NC(=O)Nc2ccccc2)cc1. The summed E-state index contributed by atoms with van der Waals surface area (Å²) in [5.74, 6) is 0.448. The molecule has 0 fully saturated rings. The summed E-state index contributed by atoms with van der Waals surface area (Å²) in [5, 5.41) is 5.45. The predicted molar refractivity (Wildman–Crippen MR) is 89.7 cm³/mol. The number of carbonyl (C=O) groups is 2. The Labute approximate surface area is 135 Å². The Morgan fingerprint density at radius 1 is 0.913 bits per heavy atom. The van der Waals surface area contributed by atoms with Gasteiger partial charge >= 0.3 is 6.03 Å². The van der Waals surface area contributed by atoms with Gasteiger partial charge < -0.3 is 20.3 Å². The van der Waals surface area contributed by atoms with Crippen LogP contribution in [0.5, 0.6) is 5.75 Å². The number of nitrogens with one attached hydrogen (secondary N) is 2. The number of likely N-dealkylation sites (N-methyl/N-ethyl adjacent to an activating group) is 1. The molecule has 23 heavy (non-hydrogen) atoms. The van der Waals surface area contributed by atoms with E-state index in [2.05, 4.69) is 10.6 Å². The van der Waals surface area contributed by atoms with Gasteiger partial charge in [-0.1, -0.05) is 18.2 Å². The van der Waals surface area contributed by atoms with E-state index in [0.717, 1.165) is 0 Å². The van der Waals surface area contributed by atoms with Crippen LogP contribution in [0.15, 0.2) is 54.6 Å². The molecule has 2 N–H and O–H groups in total. The van der Waals surface area contributed by atoms with E-state index in [9.17, 15) is 9.59 Å². The predicted octanol–water partition coefficient (Wildman–Crippen LogP) is 2.80. The number of hydrogen-bond acceptors (Lipinski definition) is 3. The van der Waals surface area contributed by atoms with Crippen LogP contribution in [0.2, 0.25) is 0 Å². The molecule has 120 valence electrons. The molecule has 2 rings (SSSR count). The van der Waals surface area contributed by atoms with Crippen molar-refractivity contribution in [2.75, 3.05) is 31.3 Å². The van der Waals surface area contributed by atoms with Gasteiger partial charge in [0.15, 0.2) is 6.61 Å². The fraction of sp³-hybridized carbons (Fsp3) is 0.176. The van der Waals surface area contributed by atoms with E-state index in [1.807, 2.05) is 18.2 Å². The Morgan fingerprint density at radius 2 is 1.48 bits per heavy atom. The Morgan fingerprint density at radius 3 is 2.04 bits per heavy atom.